The van der Waals surface area contributed by atoms with Gasteiger partial charge in [0.25, 0.3) is 11.8 Å². The van der Waals surface area contributed by atoms with E-state index in [0.29, 0.717) is 37.6 Å². The van der Waals surface area contributed by atoms with Crippen LogP contribution in [0.4, 0.5) is 27.6 Å². The standard InChI is InChI=1S/C37H34F5N5O5.BrH/c1-22-20-47(15-14-46(22)21-23-4-9-27(10-5-23)52-36(38)39)35(49)31-16-24-6-11-28(18-30(24)45(31)2)51-33-13-8-26(19-43-33)44-34(48)29-12-7-25(37(40,41)42)17-32(29)50-3;/h4-13,16-19,22,36H,14-15,20-21H2,1-3H3,(H,44,48);1H/t22-;/m0./s1. The molecule has 0 radical (unpaired) electrons. The number of benzene rings is 3. The number of anilines is 1. The van der Waals surface area contributed by atoms with Crippen LogP contribution in [0.5, 0.6) is 23.1 Å². The van der Waals surface area contributed by atoms with Gasteiger partial charge in [-0.2, -0.15) is 22.0 Å². The molecule has 3 aromatic carbocycles. The van der Waals surface area contributed by atoms with Crippen LogP contribution in [-0.4, -0.2) is 70.6 Å². The summed E-state index contributed by atoms with van der Waals surface area (Å²) in [5.41, 5.74) is 1.51. The lowest BCUT2D eigenvalue weighted by molar-refractivity contribution is -0.137. The fourth-order valence-corrected chi connectivity index (χ4v) is 6.05. The topological polar surface area (TPSA) is 98.2 Å². The summed E-state index contributed by atoms with van der Waals surface area (Å²) in [5.74, 6) is -0.211. The summed E-state index contributed by atoms with van der Waals surface area (Å²) < 4.78 is 81.4. The fraction of sp³-hybridized carbons (Fsp3) is 0.270. The molecule has 5 aromatic rings. The maximum absolute atomic E-state index is 13.7. The Morgan fingerprint density at radius 3 is 2.34 bits per heavy atom. The van der Waals surface area contributed by atoms with Gasteiger partial charge in [0.1, 0.15) is 22.9 Å². The summed E-state index contributed by atoms with van der Waals surface area (Å²) in [7, 11) is 2.99. The van der Waals surface area contributed by atoms with Crippen molar-refractivity contribution in [2.75, 3.05) is 32.1 Å². The fourth-order valence-electron chi connectivity index (χ4n) is 6.05. The van der Waals surface area contributed by atoms with E-state index in [-0.39, 0.29) is 57.6 Å². The number of fused-ring (bicyclic) bond motifs is 1. The lowest BCUT2D eigenvalue weighted by Gasteiger charge is -2.40. The highest BCUT2D eigenvalue weighted by Gasteiger charge is 2.32. The molecule has 16 heteroatoms. The molecule has 1 fully saturated rings. The van der Waals surface area contributed by atoms with Gasteiger partial charge in [-0.05, 0) is 67.1 Å². The van der Waals surface area contributed by atoms with Gasteiger partial charge in [0, 0.05) is 56.8 Å². The zero-order valence-electron chi connectivity index (χ0n) is 28.7. The third-order valence-corrected chi connectivity index (χ3v) is 8.81. The van der Waals surface area contributed by atoms with Crippen molar-refractivity contribution >= 4 is 45.4 Å². The molecule has 1 aliphatic rings. The lowest BCUT2D eigenvalue weighted by Crippen LogP contribution is -2.53. The molecule has 1 saturated heterocycles. The van der Waals surface area contributed by atoms with E-state index in [1.807, 2.05) is 35.6 Å². The van der Waals surface area contributed by atoms with Crippen molar-refractivity contribution in [2.24, 2.45) is 7.05 Å². The number of nitrogens with zero attached hydrogens (tertiary/aromatic N) is 4. The molecule has 1 aliphatic heterocycles. The third kappa shape index (κ3) is 9.06. The van der Waals surface area contributed by atoms with Crippen molar-refractivity contribution < 1.29 is 45.8 Å². The SMILES string of the molecule is Br.COc1cc(C(F)(F)F)ccc1C(=O)Nc1ccc(Oc2ccc3cc(C(=O)N4CCN(Cc5ccc(OC(F)F)cc5)[C@@H](C)C4)n(C)c3c2)nc1. The Morgan fingerprint density at radius 1 is 0.962 bits per heavy atom. The second-order valence-corrected chi connectivity index (χ2v) is 12.3. The van der Waals surface area contributed by atoms with Gasteiger partial charge in [-0.25, -0.2) is 4.98 Å². The van der Waals surface area contributed by atoms with Crippen molar-refractivity contribution in [3.8, 4) is 23.1 Å². The predicted molar refractivity (Wildman–Crippen MR) is 192 cm³/mol. The van der Waals surface area contributed by atoms with Crippen LogP contribution >= 0.6 is 17.0 Å². The number of piperazine rings is 1. The average molecular weight is 805 g/mol. The summed E-state index contributed by atoms with van der Waals surface area (Å²) in [4.78, 5) is 34.8. The number of hydrogen-bond donors (Lipinski definition) is 1. The average Bonchev–Trinajstić information content (AvgIpc) is 3.44. The van der Waals surface area contributed by atoms with Gasteiger partial charge in [0.15, 0.2) is 0 Å². The van der Waals surface area contributed by atoms with Gasteiger partial charge in [-0.1, -0.05) is 12.1 Å². The molecule has 0 saturated carbocycles. The Balaban J connectivity index is 0.00000541. The number of rotatable bonds is 10. The molecule has 0 spiro atoms. The Labute approximate surface area is 311 Å². The molecule has 6 rings (SSSR count). The molecule has 0 aliphatic carbocycles. The van der Waals surface area contributed by atoms with E-state index in [2.05, 4.69) is 19.9 Å². The van der Waals surface area contributed by atoms with Gasteiger partial charge >= 0.3 is 12.8 Å². The number of aromatic nitrogens is 2. The number of methoxy groups -OCH3 is 1. The number of aryl methyl sites for hydroxylation is 1. The van der Waals surface area contributed by atoms with Crippen LogP contribution < -0.4 is 19.5 Å². The van der Waals surface area contributed by atoms with E-state index >= 15 is 0 Å². The first kappa shape index (κ1) is 39.0. The van der Waals surface area contributed by atoms with E-state index in [0.717, 1.165) is 34.7 Å². The molecule has 2 aromatic heterocycles. The zero-order valence-corrected chi connectivity index (χ0v) is 30.4. The Kier molecular flexibility index (Phi) is 11.9. The Morgan fingerprint density at radius 2 is 1.70 bits per heavy atom. The molecule has 3 heterocycles. The summed E-state index contributed by atoms with van der Waals surface area (Å²) >= 11 is 0. The first-order valence-corrected chi connectivity index (χ1v) is 16.2. The van der Waals surface area contributed by atoms with Gasteiger partial charge < -0.3 is 29.0 Å². The number of amides is 2. The highest BCUT2D eigenvalue weighted by molar-refractivity contribution is 8.93. The molecule has 53 heavy (non-hydrogen) atoms. The van der Waals surface area contributed by atoms with Crippen LogP contribution in [0.25, 0.3) is 10.9 Å². The monoisotopic (exact) mass is 803 g/mol. The summed E-state index contributed by atoms with van der Waals surface area (Å²) in [5, 5.41) is 3.43. The first-order chi connectivity index (χ1) is 24.8. The van der Waals surface area contributed by atoms with Gasteiger partial charge in [0.2, 0.25) is 5.88 Å². The number of pyridine rings is 1. The van der Waals surface area contributed by atoms with Crippen molar-refractivity contribution in [3.05, 3.63) is 107 Å². The number of carbonyl (C=O) groups excluding carboxylic acids is 2. The molecule has 0 bridgehead atoms. The molecule has 0 unspecified atom stereocenters. The molecule has 2 amide bonds. The zero-order chi connectivity index (χ0) is 37.2. The van der Waals surface area contributed by atoms with Crippen molar-refractivity contribution in [1.29, 1.82) is 0 Å². The number of nitrogens with one attached hydrogen (secondary N) is 1. The van der Waals surface area contributed by atoms with Gasteiger partial charge in [-0.3, -0.25) is 14.5 Å². The minimum absolute atomic E-state index is 0. The van der Waals surface area contributed by atoms with Crippen LogP contribution in [0.3, 0.4) is 0 Å². The number of halogens is 6. The van der Waals surface area contributed by atoms with E-state index < -0.39 is 24.3 Å². The van der Waals surface area contributed by atoms with Crippen molar-refractivity contribution in [1.82, 2.24) is 19.4 Å². The minimum Gasteiger partial charge on any atom is -0.496 e. The maximum Gasteiger partial charge on any atom is 0.416 e. The number of hydrogen-bond acceptors (Lipinski definition) is 7. The molecule has 1 atom stereocenters. The van der Waals surface area contributed by atoms with Crippen LogP contribution in [0.2, 0.25) is 0 Å². The van der Waals surface area contributed by atoms with Crippen LogP contribution in [0.15, 0.2) is 85.1 Å². The van der Waals surface area contributed by atoms with Gasteiger partial charge in [0.05, 0.1) is 35.6 Å². The highest BCUT2D eigenvalue weighted by Crippen LogP contribution is 2.34. The van der Waals surface area contributed by atoms with Crippen molar-refractivity contribution in [2.45, 2.75) is 32.3 Å². The summed E-state index contributed by atoms with van der Waals surface area (Å²) in [6.07, 6.45) is -3.23. The molecule has 1 N–H and O–H groups in total. The minimum atomic E-state index is -4.58. The van der Waals surface area contributed by atoms with Crippen LogP contribution in [-0.2, 0) is 19.8 Å². The Bertz CT molecular complexity index is 2080. The normalized spacial score (nSPS) is 14.9. The lowest BCUT2D eigenvalue weighted by atomic mass is 10.1. The van der Waals surface area contributed by atoms with Crippen molar-refractivity contribution in [3.63, 3.8) is 0 Å². The number of alkyl halides is 5. The highest BCUT2D eigenvalue weighted by atomic mass is 79.9. The second kappa shape index (κ2) is 16.2. The quantitative estimate of drug-likeness (QED) is 0.142. The molecule has 280 valence electrons. The van der Waals surface area contributed by atoms with E-state index in [4.69, 9.17) is 9.47 Å². The summed E-state index contributed by atoms with van der Waals surface area (Å²) in [6, 6.07) is 19.5. The molecular weight excluding hydrogens is 769 g/mol. The number of carbonyl (C=O) groups is 2. The largest absolute Gasteiger partial charge is 0.496 e. The van der Waals surface area contributed by atoms with E-state index in [9.17, 15) is 31.5 Å². The molecular formula is C37H35BrF5N5O5. The van der Waals surface area contributed by atoms with Crippen LogP contribution in [0, 0.1) is 0 Å². The van der Waals surface area contributed by atoms with Crippen LogP contribution in [0.1, 0.15) is 38.9 Å². The van der Waals surface area contributed by atoms with E-state index in [1.54, 1.807) is 24.3 Å². The number of ether oxygens (including phenoxy) is 3. The predicted octanol–water partition coefficient (Wildman–Crippen LogP) is 8.17. The van der Waals surface area contributed by atoms with Gasteiger partial charge in [-0.15, -0.1) is 17.0 Å². The second-order valence-electron chi connectivity index (χ2n) is 12.3. The maximum atomic E-state index is 13.7. The smallest absolute Gasteiger partial charge is 0.416 e. The Hall–Kier alpha value is -5.22. The summed E-state index contributed by atoms with van der Waals surface area (Å²) in [6.45, 7) is 1.46. The van der Waals surface area contributed by atoms with E-state index in [1.165, 1.54) is 37.6 Å². The first-order valence-electron chi connectivity index (χ1n) is 16.2. The third-order valence-electron chi connectivity index (χ3n) is 8.81. The molecule has 10 nitrogen and oxygen atoms in total.